The Morgan fingerprint density at radius 3 is 2.69 bits per heavy atom. The van der Waals surface area contributed by atoms with Crippen LogP contribution in [0.3, 0.4) is 0 Å². The molecule has 1 fully saturated rings. The Bertz CT molecular complexity index is 954. The zero-order valence-electron chi connectivity index (χ0n) is 14.1. The minimum atomic E-state index is -0.394. The average Bonchev–Trinajstić information content (AvgIpc) is 2.68. The van der Waals surface area contributed by atoms with Crippen molar-refractivity contribution in [3.8, 4) is 17.9 Å². The predicted molar refractivity (Wildman–Crippen MR) is 98.5 cm³/mol. The number of pyridine rings is 1. The SMILES string of the molecule is N#Cc1cccc(C#CC=C2CCN(c3ncccc3[N+](=O)[O-])CC2)c1. The van der Waals surface area contributed by atoms with Crippen LogP contribution < -0.4 is 4.90 Å². The molecule has 0 bridgehead atoms. The third kappa shape index (κ3) is 4.06. The summed E-state index contributed by atoms with van der Waals surface area (Å²) >= 11 is 0. The molecule has 0 aliphatic carbocycles. The number of hydrogen-bond donors (Lipinski definition) is 0. The molecule has 0 radical (unpaired) electrons. The van der Waals surface area contributed by atoms with E-state index in [2.05, 4.69) is 22.9 Å². The fourth-order valence-electron chi connectivity index (χ4n) is 2.81. The molecule has 128 valence electrons. The lowest BCUT2D eigenvalue weighted by atomic mass is 10.0. The van der Waals surface area contributed by atoms with Gasteiger partial charge >= 0.3 is 5.69 Å². The van der Waals surface area contributed by atoms with Crippen LogP contribution in [-0.2, 0) is 0 Å². The van der Waals surface area contributed by atoms with Crippen LogP contribution in [0, 0.1) is 33.3 Å². The van der Waals surface area contributed by atoms with Crippen molar-refractivity contribution in [2.24, 2.45) is 0 Å². The molecule has 3 rings (SSSR count). The third-order valence-corrected chi connectivity index (χ3v) is 4.15. The molecule has 1 aliphatic rings. The Morgan fingerprint density at radius 1 is 1.19 bits per heavy atom. The number of nitro groups is 1. The number of aromatic nitrogens is 1. The lowest BCUT2D eigenvalue weighted by molar-refractivity contribution is -0.384. The standard InChI is InChI=1S/C20H16N4O2/c21-15-18-7-2-6-17(14-18)5-1-4-16-9-12-23(13-10-16)20-19(24(25)26)8-3-11-22-20/h2-4,6-8,11,14H,9-10,12-13H2. The summed E-state index contributed by atoms with van der Waals surface area (Å²) in [7, 11) is 0. The Balaban J connectivity index is 1.66. The van der Waals surface area contributed by atoms with Crippen molar-refractivity contribution in [2.75, 3.05) is 18.0 Å². The summed E-state index contributed by atoms with van der Waals surface area (Å²) in [5.74, 6) is 6.51. The van der Waals surface area contributed by atoms with E-state index >= 15 is 0 Å². The minimum absolute atomic E-state index is 0.0390. The Labute approximate surface area is 151 Å². The van der Waals surface area contributed by atoms with E-state index in [0.29, 0.717) is 24.5 Å². The molecule has 0 unspecified atom stereocenters. The molecule has 2 heterocycles. The van der Waals surface area contributed by atoms with Gasteiger partial charge in [-0.2, -0.15) is 5.26 Å². The van der Waals surface area contributed by atoms with E-state index in [-0.39, 0.29) is 5.69 Å². The molecule has 2 aromatic rings. The molecule has 6 nitrogen and oxygen atoms in total. The number of allylic oxidation sites excluding steroid dienone is 1. The topological polar surface area (TPSA) is 83.1 Å². The summed E-state index contributed by atoms with van der Waals surface area (Å²) in [6, 6.07) is 12.3. The predicted octanol–water partition coefficient (Wildman–Crippen LogP) is 3.44. The molecule has 26 heavy (non-hydrogen) atoms. The first-order chi connectivity index (χ1) is 12.7. The molecule has 0 spiro atoms. The number of nitriles is 1. The summed E-state index contributed by atoms with van der Waals surface area (Å²) in [6.45, 7) is 1.35. The first-order valence-electron chi connectivity index (χ1n) is 8.21. The second-order valence-corrected chi connectivity index (χ2v) is 5.85. The summed E-state index contributed by atoms with van der Waals surface area (Å²) < 4.78 is 0. The van der Waals surface area contributed by atoms with E-state index in [0.717, 1.165) is 18.4 Å². The first-order valence-corrected chi connectivity index (χ1v) is 8.21. The minimum Gasteiger partial charge on any atom is -0.350 e. The number of benzene rings is 1. The van der Waals surface area contributed by atoms with Gasteiger partial charge in [-0.25, -0.2) is 4.98 Å². The highest BCUT2D eigenvalue weighted by molar-refractivity contribution is 5.58. The molecule has 1 saturated heterocycles. The van der Waals surface area contributed by atoms with Gasteiger partial charge in [0, 0.05) is 30.9 Å². The largest absolute Gasteiger partial charge is 0.350 e. The lowest BCUT2D eigenvalue weighted by Gasteiger charge is -2.28. The highest BCUT2D eigenvalue weighted by Crippen LogP contribution is 2.28. The number of piperidine rings is 1. The second kappa shape index (κ2) is 7.96. The smallest absolute Gasteiger partial charge is 0.311 e. The van der Waals surface area contributed by atoms with Crippen LogP contribution in [0.4, 0.5) is 11.5 Å². The van der Waals surface area contributed by atoms with Gasteiger partial charge in [-0.15, -0.1) is 0 Å². The van der Waals surface area contributed by atoms with E-state index in [9.17, 15) is 10.1 Å². The van der Waals surface area contributed by atoms with E-state index in [1.54, 1.807) is 24.4 Å². The van der Waals surface area contributed by atoms with Crippen molar-refractivity contribution in [1.82, 2.24) is 4.98 Å². The molecule has 6 heteroatoms. The monoisotopic (exact) mass is 344 g/mol. The van der Waals surface area contributed by atoms with Gasteiger partial charge in [0.15, 0.2) is 0 Å². The van der Waals surface area contributed by atoms with Crippen LogP contribution in [-0.4, -0.2) is 23.0 Å². The fourth-order valence-corrected chi connectivity index (χ4v) is 2.81. The van der Waals surface area contributed by atoms with Gasteiger partial charge in [-0.3, -0.25) is 10.1 Å². The van der Waals surface area contributed by atoms with E-state index in [4.69, 9.17) is 5.26 Å². The van der Waals surface area contributed by atoms with Crippen LogP contribution in [0.25, 0.3) is 0 Å². The highest BCUT2D eigenvalue weighted by atomic mass is 16.6. The number of hydrogen-bond acceptors (Lipinski definition) is 5. The summed E-state index contributed by atoms with van der Waals surface area (Å²) in [5.41, 5.74) is 2.65. The molecule has 1 aromatic carbocycles. The van der Waals surface area contributed by atoms with Crippen molar-refractivity contribution >= 4 is 11.5 Å². The van der Waals surface area contributed by atoms with Gasteiger partial charge < -0.3 is 4.90 Å². The van der Waals surface area contributed by atoms with Crippen molar-refractivity contribution in [2.45, 2.75) is 12.8 Å². The normalized spacial score (nSPS) is 13.3. The maximum atomic E-state index is 11.1. The van der Waals surface area contributed by atoms with Crippen molar-refractivity contribution in [1.29, 1.82) is 5.26 Å². The maximum Gasteiger partial charge on any atom is 0.311 e. The van der Waals surface area contributed by atoms with Crippen molar-refractivity contribution < 1.29 is 4.92 Å². The van der Waals surface area contributed by atoms with Gasteiger partial charge in [0.1, 0.15) is 0 Å². The molecule has 0 amide bonds. The summed E-state index contributed by atoms with van der Waals surface area (Å²) in [6.07, 6.45) is 5.07. The van der Waals surface area contributed by atoms with Crippen LogP contribution in [0.5, 0.6) is 0 Å². The van der Waals surface area contributed by atoms with Gasteiger partial charge in [0.25, 0.3) is 0 Å². The Morgan fingerprint density at radius 2 is 1.96 bits per heavy atom. The molecule has 1 aliphatic heterocycles. The fraction of sp³-hybridized carbons (Fsp3) is 0.200. The van der Waals surface area contributed by atoms with Crippen LogP contribution >= 0.6 is 0 Å². The average molecular weight is 344 g/mol. The molecular weight excluding hydrogens is 328 g/mol. The second-order valence-electron chi connectivity index (χ2n) is 5.85. The Hall–Kier alpha value is -3.64. The molecule has 1 aromatic heterocycles. The molecule has 0 atom stereocenters. The first kappa shape index (κ1) is 17.2. The number of anilines is 1. The highest BCUT2D eigenvalue weighted by Gasteiger charge is 2.23. The van der Waals surface area contributed by atoms with Crippen LogP contribution in [0.2, 0.25) is 0 Å². The summed E-state index contributed by atoms with van der Waals surface area (Å²) in [5, 5.41) is 20.0. The molecule has 0 N–H and O–H groups in total. The van der Waals surface area contributed by atoms with E-state index < -0.39 is 4.92 Å². The lowest BCUT2D eigenvalue weighted by Crippen LogP contribution is -2.31. The quantitative estimate of drug-likeness (QED) is 0.473. The van der Waals surface area contributed by atoms with Crippen molar-refractivity contribution in [3.63, 3.8) is 0 Å². The molecule has 0 saturated carbocycles. The number of rotatable bonds is 2. The summed E-state index contributed by atoms with van der Waals surface area (Å²) in [4.78, 5) is 16.9. The zero-order valence-corrected chi connectivity index (χ0v) is 14.1. The Kier molecular flexibility index (Phi) is 5.26. The van der Waals surface area contributed by atoms with Gasteiger partial charge in [0.2, 0.25) is 5.82 Å². The zero-order chi connectivity index (χ0) is 18.4. The van der Waals surface area contributed by atoms with Gasteiger partial charge in [-0.05, 0) is 43.2 Å². The maximum absolute atomic E-state index is 11.1. The van der Waals surface area contributed by atoms with Crippen LogP contribution in [0.15, 0.2) is 54.2 Å². The van der Waals surface area contributed by atoms with Crippen LogP contribution in [0.1, 0.15) is 24.0 Å². The van der Waals surface area contributed by atoms with Gasteiger partial charge in [0.05, 0.1) is 16.6 Å². The third-order valence-electron chi connectivity index (χ3n) is 4.15. The van der Waals surface area contributed by atoms with E-state index in [1.807, 2.05) is 23.1 Å². The van der Waals surface area contributed by atoms with Crippen molar-refractivity contribution in [3.05, 3.63) is 75.5 Å². The number of nitrogens with zero attached hydrogens (tertiary/aromatic N) is 4. The van der Waals surface area contributed by atoms with E-state index in [1.165, 1.54) is 11.6 Å². The van der Waals surface area contributed by atoms with Gasteiger partial charge in [-0.1, -0.05) is 23.5 Å². The molecular formula is C20H16N4O2.